The third-order valence-corrected chi connectivity index (χ3v) is 3.51. The lowest BCUT2D eigenvalue weighted by atomic mass is 10.3. The summed E-state index contributed by atoms with van der Waals surface area (Å²) in [4.78, 5) is 28.4. The minimum absolute atomic E-state index is 0.0620. The highest BCUT2D eigenvalue weighted by Crippen LogP contribution is 2.06. The zero-order chi connectivity index (χ0) is 15.0. The lowest BCUT2D eigenvalue weighted by Crippen LogP contribution is -2.52. The van der Waals surface area contributed by atoms with Gasteiger partial charge in [0.2, 0.25) is 0 Å². The number of carboxylic acids is 1. The Morgan fingerprint density at radius 3 is 2.50 bits per heavy atom. The predicted molar refractivity (Wildman–Crippen MR) is 77.7 cm³/mol. The minimum atomic E-state index is -0.773. The number of nitrogens with zero attached hydrogens (tertiary/aromatic N) is 3. The van der Waals surface area contributed by atoms with E-state index in [2.05, 4.69) is 11.5 Å². The lowest BCUT2D eigenvalue weighted by Gasteiger charge is -2.36. The molecule has 0 spiro atoms. The zero-order valence-corrected chi connectivity index (χ0v) is 12.3. The van der Waals surface area contributed by atoms with Gasteiger partial charge >= 0.3 is 12.0 Å². The van der Waals surface area contributed by atoms with Gasteiger partial charge < -0.3 is 14.9 Å². The molecule has 1 rings (SSSR count). The Morgan fingerprint density at radius 1 is 1.30 bits per heavy atom. The minimum Gasteiger partial charge on any atom is -0.481 e. The predicted octanol–water partition coefficient (Wildman–Crippen LogP) is 1.10. The summed E-state index contributed by atoms with van der Waals surface area (Å²) in [6.07, 6.45) is 3.87. The lowest BCUT2D eigenvalue weighted by molar-refractivity contribution is -0.137. The standard InChI is InChI=1S/C14H25N3O3/c1-3-4-5-7-15(2)14(20)17-11-9-16(10-12-17)8-6-13(18)19/h3H,1,4-12H2,2H3,(H,18,19). The third-order valence-electron chi connectivity index (χ3n) is 3.51. The summed E-state index contributed by atoms with van der Waals surface area (Å²) in [5, 5.41) is 8.66. The number of urea groups is 1. The van der Waals surface area contributed by atoms with Gasteiger partial charge in [0.1, 0.15) is 0 Å². The van der Waals surface area contributed by atoms with Crippen LogP contribution in [0.25, 0.3) is 0 Å². The number of allylic oxidation sites excluding steroid dienone is 1. The number of hydrogen-bond donors (Lipinski definition) is 1. The highest BCUT2D eigenvalue weighted by Gasteiger charge is 2.23. The van der Waals surface area contributed by atoms with E-state index in [1.54, 1.807) is 4.90 Å². The number of carboxylic acid groups (broad SMARTS) is 1. The van der Waals surface area contributed by atoms with E-state index in [0.29, 0.717) is 19.6 Å². The van der Waals surface area contributed by atoms with Gasteiger partial charge in [-0.3, -0.25) is 9.69 Å². The second kappa shape index (κ2) is 8.58. The summed E-state index contributed by atoms with van der Waals surface area (Å²) in [5.41, 5.74) is 0. The van der Waals surface area contributed by atoms with Crippen LogP contribution in [0.5, 0.6) is 0 Å². The van der Waals surface area contributed by atoms with Crippen LogP contribution in [-0.2, 0) is 4.79 Å². The average Bonchev–Trinajstić information content (AvgIpc) is 2.45. The number of amides is 2. The molecule has 0 bridgehead atoms. The fourth-order valence-corrected chi connectivity index (χ4v) is 2.23. The summed E-state index contributed by atoms with van der Waals surface area (Å²) in [6.45, 7) is 7.81. The van der Waals surface area contributed by atoms with Gasteiger partial charge in [0.15, 0.2) is 0 Å². The first-order valence-electron chi connectivity index (χ1n) is 7.09. The first kappa shape index (κ1) is 16.5. The van der Waals surface area contributed by atoms with Gasteiger partial charge in [-0.25, -0.2) is 4.79 Å². The van der Waals surface area contributed by atoms with Crippen LogP contribution in [0.15, 0.2) is 12.7 Å². The molecule has 114 valence electrons. The number of carbonyl (C=O) groups excluding carboxylic acids is 1. The van der Waals surface area contributed by atoms with Crippen molar-refractivity contribution in [1.29, 1.82) is 0 Å². The summed E-state index contributed by atoms with van der Waals surface area (Å²) >= 11 is 0. The van der Waals surface area contributed by atoms with Gasteiger partial charge in [0.05, 0.1) is 6.42 Å². The molecule has 0 aromatic rings. The van der Waals surface area contributed by atoms with Crippen LogP contribution < -0.4 is 0 Å². The Morgan fingerprint density at radius 2 is 1.95 bits per heavy atom. The maximum atomic E-state index is 12.2. The van der Waals surface area contributed by atoms with Crippen molar-refractivity contribution in [2.75, 3.05) is 46.3 Å². The van der Waals surface area contributed by atoms with Crippen LogP contribution in [0.4, 0.5) is 4.79 Å². The Kier molecular flexibility index (Phi) is 7.08. The molecule has 0 saturated carbocycles. The van der Waals surface area contributed by atoms with Crippen molar-refractivity contribution in [1.82, 2.24) is 14.7 Å². The van der Waals surface area contributed by atoms with Crippen LogP contribution in [-0.4, -0.2) is 78.1 Å². The van der Waals surface area contributed by atoms with Crippen LogP contribution >= 0.6 is 0 Å². The summed E-state index contributed by atoms with van der Waals surface area (Å²) in [6, 6.07) is 0.0620. The summed E-state index contributed by atoms with van der Waals surface area (Å²) < 4.78 is 0. The molecule has 1 saturated heterocycles. The van der Waals surface area contributed by atoms with E-state index in [0.717, 1.165) is 32.5 Å². The molecule has 6 heteroatoms. The van der Waals surface area contributed by atoms with E-state index in [1.165, 1.54) is 0 Å². The molecule has 1 heterocycles. The van der Waals surface area contributed by atoms with E-state index in [4.69, 9.17) is 5.11 Å². The Balaban J connectivity index is 2.27. The maximum Gasteiger partial charge on any atom is 0.319 e. The van der Waals surface area contributed by atoms with E-state index < -0.39 is 5.97 Å². The molecule has 1 fully saturated rings. The monoisotopic (exact) mass is 283 g/mol. The molecule has 0 radical (unpaired) electrons. The van der Waals surface area contributed by atoms with Crippen LogP contribution in [0.3, 0.4) is 0 Å². The van der Waals surface area contributed by atoms with Crippen molar-refractivity contribution in [2.45, 2.75) is 19.3 Å². The van der Waals surface area contributed by atoms with Gasteiger partial charge in [0.25, 0.3) is 0 Å². The summed E-state index contributed by atoms with van der Waals surface area (Å²) in [5.74, 6) is -0.773. The van der Waals surface area contributed by atoms with Crippen molar-refractivity contribution < 1.29 is 14.7 Å². The molecule has 6 nitrogen and oxygen atoms in total. The van der Waals surface area contributed by atoms with Crippen molar-refractivity contribution in [3.63, 3.8) is 0 Å². The molecule has 1 aliphatic rings. The van der Waals surface area contributed by atoms with Gasteiger partial charge in [-0.05, 0) is 12.8 Å². The fraction of sp³-hybridized carbons (Fsp3) is 0.714. The van der Waals surface area contributed by atoms with Gasteiger partial charge in [-0.2, -0.15) is 0 Å². The van der Waals surface area contributed by atoms with E-state index in [9.17, 15) is 9.59 Å². The molecule has 0 aromatic heterocycles. The second-order valence-electron chi connectivity index (χ2n) is 5.11. The van der Waals surface area contributed by atoms with Crippen molar-refractivity contribution >= 4 is 12.0 Å². The Bertz CT molecular complexity index is 339. The van der Waals surface area contributed by atoms with Gasteiger partial charge in [0, 0.05) is 46.3 Å². The number of hydrogen-bond acceptors (Lipinski definition) is 3. The zero-order valence-electron chi connectivity index (χ0n) is 12.3. The van der Waals surface area contributed by atoms with Crippen LogP contribution in [0, 0.1) is 0 Å². The molecule has 2 amide bonds. The van der Waals surface area contributed by atoms with Crippen LogP contribution in [0.1, 0.15) is 19.3 Å². The van der Waals surface area contributed by atoms with Crippen molar-refractivity contribution in [3.8, 4) is 0 Å². The normalized spacial score (nSPS) is 15.9. The average molecular weight is 283 g/mol. The summed E-state index contributed by atoms with van der Waals surface area (Å²) in [7, 11) is 1.82. The highest BCUT2D eigenvalue weighted by molar-refractivity contribution is 5.74. The van der Waals surface area contributed by atoms with Crippen LogP contribution in [0.2, 0.25) is 0 Å². The number of unbranched alkanes of at least 4 members (excludes halogenated alkanes) is 1. The Hall–Kier alpha value is -1.56. The van der Waals surface area contributed by atoms with Crippen molar-refractivity contribution in [2.24, 2.45) is 0 Å². The molecular formula is C14H25N3O3. The molecule has 0 unspecified atom stereocenters. The molecule has 0 aromatic carbocycles. The number of carbonyl (C=O) groups is 2. The molecule has 1 N–H and O–H groups in total. The first-order chi connectivity index (χ1) is 9.54. The number of aliphatic carboxylic acids is 1. The largest absolute Gasteiger partial charge is 0.481 e. The number of piperazine rings is 1. The Labute approximate surface area is 120 Å². The number of rotatable bonds is 7. The molecular weight excluding hydrogens is 258 g/mol. The molecule has 0 aliphatic carbocycles. The van der Waals surface area contributed by atoms with Gasteiger partial charge in [-0.15, -0.1) is 6.58 Å². The highest BCUT2D eigenvalue weighted by atomic mass is 16.4. The quantitative estimate of drug-likeness (QED) is 0.561. The van der Waals surface area contributed by atoms with Crippen molar-refractivity contribution in [3.05, 3.63) is 12.7 Å². The second-order valence-corrected chi connectivity index (χ2v) is 5.11. The third kappa shape index (κ3) is 5.61. The van der Waals surface area contributed by atoms with E-state index in [1.807, 2.05) is 18.0 Å². The molecule has 1 aliphatic heterocycles. The topological polar surface area (TPSA) is 64.1 Å². The molecule has 0 atom stereocenters. The smallest absolute Gasteiger partial charge is 0.319 e. The fourth-order valence-electron chi connectivity index (χ4n) is 2.23. The van der Waals surface area contributed by atoms with E-state index >= 15 is 0 Å². The maximum absolute atomic E-state index is 12.2. The first-order valence-corrected chi connectivity index (χ1v) is 7.09. The molecule has 20 heavy (non-hydrogen) atoms. The van der Waals surface area contributed by atoms with E-state index in [-0.39, 0.29) is 12.5 Å². The SMILES string of the molecule is C=CCCCN(C)C(=O)N1CCN(CCC(=O)O)CC1. The van der Waals surface area contributed by atoms with Gasteiger partial charge in [-0.1, -0.05) is 6.08 Å².